The van der Waals surface area contributed by atoms with Gasteiger partial charge < -0.3 is 10.2 Å². The Bertz CT molecular complexity index is 636. The van der Waals surface area contributed by atoms with Gasteiger partial charge in [-0.05, 0) is 56.7 Å². The van der Waals surface area contributed by atoms with E-state index in [1.807, 2.05) is 6.92 Å². The van der Waals surface area contributed by atoms with E-state index in [4.69, 9.17) is 4.11 Å². The van der Waals surface area contributed by atoms with E-state index in [0.29, 0.717) is 17.5 Å². The predicted molar refractivity (Wildman–Crippen MR) is 87.8 cm³/mol. The number of hydrogen-bond acceptors (Lipinski definition) is 2. The molecule has 2 nitrogen and oxygen atoms in total. The van der Waals surface area contributed by atoms with Gasteiger partial charge in [-0.3, -0.25) is 0 Å². The van der Waals surface area contributed by atoms with Crippen LogP contribution in [0.25, 0.3) is 0 Å². The zero-order valence-corrected chi connectivity index (χ0v) is 12.8. The fourth-order valence-electron chi connectivity index (χ4n) is 3.22. The molecule has 114 valence electrons. The summed E-state index contributed by atoms with van der Waals surface area (Å²) in [4.78, 5) is 0. The van der Waals surface area contributed by atoms with Crippen LogP contribution in [0.3, 0.4) is 0 Å². The Kier molecular flexibility index (Phi) is 3.62. The van der Waals surface area contributed by atoms with Gasteiger partial charge in [0, 0.05) is 15.6 Å². The molecule has 0 saturated carbocycles. The predicted octanol–water partition coefficient (Wildman–Crippen LogP) is 5.07. The Hall–Kier alpha value is -1.70. The van der Waals surface area contributed by atoms with E-state index in [0.717, 1.165) is 18.4 Å². The first-order valence-electron chi connectivity index (χ1n) is 8.96. The van der Waals surface area contributed by atoms with Crippen LogP contribution >= 0.6 is 0 Å². The van der Waals surface area contributed by atoms with E-state index in [1.54, 1.807) is 12.1 Å². The second-order valence-corrected chi connectivity index (χ2v) is 6.08. The Morgan fingerprint density at radius 3 is 2.62 bits per heavy atom. The fourth-order valence-corrected chi connectivity index (χ4v) is 3.22. The van der Waals surface area contributed by atoms with Crippen LogP contribution in [0, 0.1) is 5.92 Å². The second kappa shape index (κ2) is 6.38. The van der Waals surface area contributed by atoms with Gasteiger partial charge in [0.2, 0.25) is 0 Å². The molecule has 0 fully saturated rings. The van der Waals surface area contributed by atoms with Gasteiger partial charge in [-0.2, -0.15) is 0 Å². The lowest BCUT2D eigenvalue weighted by molar-refractivity contribution is 0.406. The highest BCUT2D eigenvalue weighted by molar-refractivity contribution is 5.51. The fraction of sp³-hybridized carbons (Fsp3) is 0.474. The van der Waals surface area contributed by atoms with Crippen molar-refractivity contribution in [3.8, 4) is 11.5 Å². The van der Waals surface area contributed by atoms with Gasteiger partial charge in [-0.1, -0.05) is 37.1 Å². The third kappa shape index (κ3) is 3.31. The topological polar surface area (TPSA) is 40.5 Å². The highest BCUT2D eigenvalue weighted by atomic mass is 16.3. The second-order valence-electron chi connectivity index (χ2n) is 6.08. The summed E-state index contributed by atoms with van der Waals surface area (Å²) in [5.41, 5.74) is 3.42. The summed E-state index contributed by atoms with van der Waals surface area (Å²) in [6.45, 7) is 6.08. The number of phenols is 2. The molecule has 0 radical (unpaired) electrons. The van der Waals surface area contributed by atoms with Crippen molar-refractivity contribution in [2.45, 2.75) is 52.3 Å². The molecule has 0 saturated heterocycles. The number of aromatic hydroxyl groups is 2. The first kappa shape index (κ1) is 11.9. The Labute approximate surface area is 132 Å². The highest BCUT2D eigenvalue weighted by Gasteiger charge is 2.29. The summed E-state index contributed by atoms with van der Waals surface area (Å²) in [7, 11) is 0. The lowest BCUT2D eigenvalue weighted by atomic mass is 9.73. The number of hydrogen-bond donors (Lipinski definition) is 2. The molecule has 1 aliphatic carbocycles. The molecule has 2 heteroatoms. The summed E-state index contributed by atoms with van der Waals surface area (Å²) in [5, 5.41) is 21.0. The van der Waals surface area contributed by atoms with Gasteiger partial charge in [0.25, 0.3) is 0 Å². The molecule has 0 unspecified atom stereocenters. The van der Waals surface area contributed by atoms with Crippen molar-refractivity contribution in [2.24, 2.45) is 5.92 Å². The van der Waals surface area contributed by atoms with Crippen molar-refractivity contribution in [3.63, 3.8) is 0 Å². The summed E-state index contributed by atoms with van der Waals surface area (Å²) in [6.07, 6.45) is 4.34. The monoisotopic (exact) mass is 289 g/mol. The minimum atomic E-state index is -2.02. The minimum Gasteiger partial charge on any atom is -0.507 e. The standard InChI is InChI=1S/C19H26O2/c1-5-6-14-10-17(20)19(18(21)11-14)16-9-13(4)7-8-15(16)12(2)3/h9-11,15-16,20-21H,2,5-8H2,1,3-4H3/t15-,16+/m0/s1/i1D3. The molecule has 1 aliphatic rings. The van der Waals surface area contributed by atoms with Gasteiger partial charge in [0.1, 0.15) is 11.5 Å². The molecule has 2 rings (SSSR count). The maximum atomic E-state index is 10.5. The maximum Gasteiger partial charge on any atom is 0.123 e. The van der Waals surface area contributed by atoms with Crippen LogP contribution in [0.2, 0.25) is 0 Å². The van der Waals surface area contributed by atoms with E-state index < -0.39 is 6.85 Å². The number of benzene rings is 1. The van der Waals surface area contributed by atoms with Crippen LogP contribution in [-0.4, -0.2) is 10.2 Å². The van der Waals surface area contributed by atoms with E-state index in [-0.39, 0.29) is 29.8 Å². The first-order valence-corrected chi connectivity index (χ1v) is 7.46. The number of rotatable bonds is 4. The van der Waals surface area contributed by atoms with Crippen LogP contribution in [-0.2, 0) is 6.42 Å². The SMILES string of the molecule is [2H]C([2H])([2H])CCc1cc(O)c([C@@H]2C=C(C)CC[C@H]2C(=C)C)c(O)c1. The number of allylic oxidation sites excluding steroid dienone is 3. The molecule has 21 heavy (non-hydrogen) atoms. The maximum absolute atomic E-state index is 10.5. The van der Waals surface area contributed by atoms with Crippen molar-refractivity contribution < 1.29 is 14.3 Å². The van der Waals surface area contributed by atoms with Gasteiger partial charge >= 0.3 is 0 Å². The molecule has 1 aromatic carbocycles. The zero-order valence-electron chi connectivity index (χ0n) is 15.8. The average molecular weight is 289 g/mol. The van der Waals surface area contributed by atoms with E-state index in [2.05, 4.69) is 19.6 Å². The molecule has 0 aromatic heterocycles. The summed E-state index contributed by atoms with van der Waals surface area (Å²) >= 11 is 0. The quantitative estimate of drug-likeness (QED) is 0.760. The molecule has 0 amide bonds. The molecule has 1 aromatic rings. The van der Waals surface area contributed by atoms with Crippen LogP contribution in [0.1, 0.15) is 61.1 Å². The average Bonchev–Trinajstić information content (AvgIpc) is 2.43. The third-order valence-electron chi connectivity index (χ3n) is 4.32. The molecule has 0 aliphatic heterocycles. The molecule has 0 spiro atoms. The van der Waals surface area contributed by atoms with Crippen LogP contribution < -0.4 is 0 Å². The van der Waals surface area contributed by atoms with Gasteiger partial charge in [-0.25, -0.2) is 0 Å². The van der Waals surface area contributed by atoms with E-state index in [1.165, 1.54) is 5.57 Å². The molecular weight excluding hydrogens is 260 g/mol. The Morgan fingerprint density at radius 2 is 2.05 bits per heavy atom. The van der Waals surface area contributed by atoms with Gasteiger partial charge in [-0.15, -0.1) is 0 Å². The lowest BCUT2D eigenvalue weighted by Crippen LogP contribution is -2.17. The normalized spacial score (nSPS) is 24.7. The number of phenolic OH excluding ortho intramolecular Hbond substituents is 2. The Balaban J connectivity index is 2.36. The van der Waals surface area contributed by atoms with Gasteiger partial charge in [0.05, 0.1) is 0 Å². The van der Waals surface area contributed by atoms with Crippen molar-refractivity contribution >= 4 is 0 Å². The van der Waals surface area contributed by atoms with Crippen molar-refractivity contribution in [1.82, 2.24) is 0 Å². The van der Waals surface area contributed by atoms with Gasteiger partial charge in [0.15, 0.2) is 0 Å². The molecular formula is C19H26O2. The minimum absolute atomic E-state index is 0.0159. The van der Waals surface area contributed by atoms with Crippen LogP contribution in [0.5, 0.6) is 11.5 Å². The van der Waals surface area contributed by atoms with E-state index in [9.17, 15) is 10.2 Å². The summed E-state index contributed by atoms with van der Waals surface area (Å²) < 4.78 is 21.8. The molecule has 0 bridgehead atoms. The van der Waals surface area contributed by atoms with Crippen LogP contribution in [0.4, 0.5) is 0 Å². The summed E-state index contributed by atoms with van der Waals surface area (Å²) in [6, 6.07) is 3.15. The molecule has 2 N–H and O–H groups in total. The van der Waals surface area contributed by atoms with Crippen molar-refractivity contribution in [3.05, 3.63) is 47.1 Å². The highest BCUT2D eigenvalue weighted by Crippen LogP contribution is 2.46. The summed E-state index contributed by atoms with van der Waals surface area (Å²) in [5.74, 6) is 0.127. The van der Waals surface area contributed by atoms with Crippen molar-refractivity contribution in [2.75, 3.05) is 0 Å². The number of aryl methyl sites for hydroxylation is 1. The Morgan fingerprint density at radius 1 is 1.38 bits per heavy atom. The van der Waals surface area contributed by atoms with Crippen molar-refractivity contribution in [1.29, 1.82) is 0 Å². The van der Waals surface area contributed by atoms with Crippen LogP contribution in [0.15, 0.2) is 35.9 Å². The largest absolute Gasteiger partial charge is 0.507 e. The lowest BCUT2D eigenvalue weighted by Gasteiger charge is -2.31. The first-order chi connectivity index (χ1) is 11.1. The molecule has 2 atom stereocenters. The zero-order chi connectivity index (χ0) is 18.1. The smallest absolute Gasteiger partial charge is 0.123 e. The molecule has 0 heterocycles. The third-order valence-corrected chi connectivity index (χ3v) is 4.32. The van der Waals surface area contributed by atoms with E-state index >= 15 is 0 Å².